The summed E-state index contributed by atoms with van der Waals surface area (Å²) in [4.78, 5) is 8.24. The summed E-state index contributed by atoms with van der Waals surface area (Å²) >= 11 is 0. The van der Waals surface area contributed by atoms with Crippen LogP contribution in [-0.2, 0) is 12.8 Å². The first kappa shape index (κ1) is 11.0. The number of nitrogens with two attached hydrogens (primary N) is 1. The van der Waals surface area contributed by atoms with Crippen molar-refractivity contribution >= 4 is 17.5 Å². The van der Waals surface area contributed by atoms with Gasteiger partial charge in [-0.15, -0.1) is 0 Å². The lowest BCUT2D eigenvalue weighted by atomic mass is 10.1. The molecule has 18 heavy (non-hydrogen) atoms. The fourth-order valence-electron chi connectivity index (χ4n) is 2.45. The summed E-state index contributed by atoms with van der Waals surface area (Å²) in [7, 11) is 0. The summed E-state index contributed by atoms with van der Waals surface area (Å²) in [6.07, 6.45) is 3.64. The molecular formula is C14H16N4. The minimum absolute atomic E-state index is 0.304. The maximum absolute atomic E-state index is 5.64. The van der Waals surface area contributed by atoms with Gasteiger partial charge in [-0.05, 0) is 49.4 Å². The number of hydrogen-bond donors (Lipinski definition) is 2. The highest BCUT2D eigenvalue weighted by Crippen LogP contribution is 2.26. The Balaban J connectivity index is 1.88. The maximum Gasteiger partial charge on any atom is 0.222 e. The molecule has 4 nitrogen and oxygen atoms in total. The smallest absolute Gasteiger partial charge is 0.222 e. The van der Waals surface area contributed by atoms with Crippen LogP contribution in [0.25, 0.3) is 0 Å². The van der Waals surface area contributed by atoms with Crippen LogP contribution in [0.2, 0.25) is 0 Å². The largest absolute Gasteiger partial charge is 0.368 e. The van der Waals surface area contributed by atoms with Crippen LogP contribution in [0.4, 0.5) is 17.5 Å². The molecule has 2 aromatic rings. The highest BCUT2D eigenvalue weighted by molar-refractivity contribution is 5.59. The summed E-state index contributed by atoms with van der Waals surface area (Å²) < 4.78 is 0. The Kier molecular flexibility index (Phi) is 2.63. The van der Waals surface area contributed by atoms with E-state index in [1.54, 1.807) is 0 Å². The third-order valence-electron chi connectivity index (χ3n) is 3.24. The fraction of sp³-hybridized carbons (Fsp3) is 0.286. The van der Waals surface area contributed by atoms with Gasteiger partial charge in [0.2, 0.25) is 5.95 Å². The molecule has 1 heterocycles. The van der Waals surface area contributed by atoms with Crippen molar-refractivity contribution in [3.63, 3.8) is 0 Å². The third-order valence-corrected chi connectivity index (χ3v) is 3.24. The number of nitrogen functional groups attached to an aromatic ring is 1. The monoisotopic (exact) mass is 240 g/mol. The Labute approximate surface area is 106 Å². The zero-order chi connectivity index (χ0) is 12.5. The van der Waals surface area contributed by atoms with Crippen LogP contribution in [0.5, 0.6) is 0 Å². The molecule has 0 aliphatic heterocycles. The van der Waals surface area contributed by atoms with Crippen molar-refractivity contribution in [3.8, 4) is 0 Å². The van der Waals surface area contributed by atoms with Crippen molar-refractivity contribution < 1.29 is 0 Å². The summed E-state index contributed by atoms with van der Waals surface area (Å²) in [6, 6.07) is 8.39. The molecule has 1 aliphatic rings. The van der Waals surface area contributed by atoms with Crippen molar-refractivity contribution in [2.75, 3.05) is 11.1 Å². The van der Waals surface area contributed by atoms with E-state index in [4.69, 9.17) is 5.73 Å². The van der Waals surface area contributed by atoms with E-state index in [-0.39, 0.29) is 0 Å². The second kappa shape index (κ2) is 4.29. The Bertz CT molecular complexity index is 572. The molecule has 3 rings (SSSR count). The Morgan fingerprint density at radius 2 is 1.94 bits per heavy atom. The van der Waals surface area contributed by atoms with Crippen molar-refractivity contribution in [2.45, 2.75) is 26.2 Å². The number of anilines is 3. The molecule has 0 radical (unpaired) electrons. The number of nitrogens with zero attached hydrogens (tertiary/aromatic N) is 2. The highest BCUT2D eigenvalue weighted by Gasteiger charge is 2.11. The fourth-order valence-corrected chi connectivity index (χ4v) is 2.45. The van der Waals surface area contributed by atoms with Crippen LogP contribution < -0.4 is 11.1 Å². The van der Waals surface area contributed by atoms with E-state index in [2.05, 4.69) is 33.5 Å². The van der Waals surface area contributed by atoms with Crippen LogP contribution in [0, 0.1) is 6.92 Å². The minimum atomic E-state index is 0.304. The maximum atomic E-state index is 5.64. The van der Waals surface area contributed by atoms with E-state index in [9.17, 15) is 0 Å². The molecule has 1 aromatic carbocycles. The van der Waals surface area contributed by atoms with Gasteiger partial charge in [0.1, 0.15) is 5.82 Å². The average Bonchev–Trinajstić information content (AvgIpc) is 2.74. The molecule has 0 saturated heterocycles. The van der Waals surface area contributed by atoms with E-state index < -0.39 is 0 Å². The van der Waals surface area contributed by atoms with Gasteiger partial charge in [-0.1, -0.05) is 6.07 Å². The molecule has 1 aliphatic carbocycles. The second-order valence-electron chi connectivity index (χ2n) is 4.71. The van der Waals surface area contributed by atoms with Crippen molar-refractivity contribution in [2.24, 2.45) is 0 Å². The van der Waals surface area contributed by atoms with Crippen LogP contribution in [0.1, 0.15) is 23.2 Å². The minimum Gasteiger partial charge on any atom is -0.368 e. The van der Waals surface area contributed by atoms with Crippen LogP contribution in [-0.4, -0.2) is 9.97 Å². The first-order valence-electron chi connectivity index (χ1n) is 6.21. The lowest BCUT2D eigenvalue weighted by Crippen LogP contribution is -2.01. The molecule has 0 bridgehead atoms. The van der Waals surface area contributed by atoms with E-state index in [0.717, 1.165) is 17.2 Å². The third kappa shape index (κ3) is 2.14. The van der Waals surface area contributed by atoms with Gasteiger partial charge in [0.25, 0.3) is 0 Å². The molecule has 0 atom stereocenters. The van der Waals surface area contributed by atoms with Crippen molar-refractivity contribution in [1.82, 2.24) is 9.97 Å². The van der Waals surface area contributed by atoms with E-state index in [1.165, 1.54) is 30.4 Å². The van der Waals surface area contributed by atoms with E-state index in [0.29, 0.717) is 5.95 Å². The van der Waals surface area contributed by atoms with E-state index in [1.807, 2.05) is 13.0 Å². The zero-order valence-corrected chi connectivity index (χ0v) is 10.4. The quantitative estimate of drug-likeness (QED) is 0.847. The van der Waals surface area contributed by atoms with Gasteiger partial charge in [-0.3, -0.25) is 0 Å². The van der Waals surface area contributed by atoms with Gasteiger partial charge in [0, 0.05) is 17.4 Å². The molecule has 0 unspecified atom stereocenters. The van der Waals surface area contributed by atoms with Crippen LogP contribution in [0.15, 0.2) is 24.3 Å². The van der Waals surface area contributed by atoms with Gasteiger partial charge in [0.05, 0.1) is 0 Å². The van der Waals surface area contributed by atoms with Gasteiger partial charge in [0.15, 0.2) is 0 Å². The zero-order valence-electron chi connectivity index (χ0n) is 10.4. The normalized spacial score (nSPS) is 13.4. The molecule has 0 fully saturated rings. The average molecular weight is 240 g/mol. The number of aromatic nitrogens is 2. The second-order valence-corrected chi connectivity index (χ2v) is 4.71. The van der Waals surface area contributed by atoms with Gasteiger partial charge in [-0.25, -0.2) is 4.98 Å². The number of fused-ring (bicyclic) bond motifs is 1. The predicted octanol–water partition coefficient (Wildman–Crippen LogP) is 2.60. The number of benzene rings is 1. The summed E-state index contributed by atoms with van der Waals surface area (Å²) in [5, 5.41) is 3.28. The first-order valence-corrected chi connectivity index (χ1v) is 6.21. The number of rotatable bonds is 2. The molecule has 0 spiro atoms. The standard InChI is InChI=1S/C14H16N4/c1-9-7-13(18-14(15)16-9)17-12-6-5-10-3-2-4-11(10)8-12/h5-8H,2-4H2,1H3,(H3,15,16,17,18). The van der Waals surface area contributed by atoms with Gasteiger partial charge >= 0.3 is 0 Å². The summed E-state index contributed by atoms with van der Waals surface area (Å²) in [5.41, 5.74) is 10.5. The van der Waals surface area contributed by atoms with Crippen molar-refractivity contribution in [1.29, 1.82) is 0 Å². The summed E-state index contributed by atoms with van der Waals surface area (Å²) in [6.45, 7) is 1.91. The molecule has 0 saturated carbocycles. The Hall–Kier alpha value is -2.10. The molecular weight excluding hydrogens is 224 g/mol. The number of hydrogen-bond acceptors (Lipinski definition) is 4. The SMILES string of the molecule is Cc1cc(Nc2ccc3c(c2)CCC3)nc(N)n1. The molecule has 1 aromatic heterocycles. The van der Waals surface area contributed by atoms with Crippen molar-refractivity contribution in [3.05, 3.63) is 41.1 Å². The first-order chi connectivity index (χ1) is 8.70. The number of aryl methyl sites for hydroxylation is 3. The van der Waals surface area contributed by atoms with Gasteiger partial charge < -0.3 is 11.1 Å². The van der Waals surface area contributed by atoms with E-state index >= 15 is 0 Å². The molecule has 3 N–H and O–H groups in total. The van der Waals surface area contributed by atoms with Crippen LogP contribution >= 0.6 is 0 Å². The topological polar surface area (TPSA) is 63.8 Å². The lowest BCUT2D eigenvalue weighted by molar-refractivity contribution is 0.912. The molecule has 0 amide bonds. The molecule has 4 heteroatoms. The van der Waals surface area contributed by atoms with Crippen LogP contribution in [0.3, 0.4) is 0 Å². The highest BCUT2D eigenvalue weighted by atomic mass is 15.1. The Morgan fingerprint density at radius 1 is 1.11 bits per heavy atom. The summed E-state index contributed by atoms with van der Waals surface area (Å²) in [5.74, 6) is 1.05. The molecule has 92 valence electrons. The number of nitrogens with one attached hydrogen (secondary N) is 1. The predicted molar refractivity (Wildman–Crippen MR) is 72.9 cm³/mol. The Morgan fingerprint density at radius 3 is 2.78 bits per heavy atom. The van der Waals surface area contributed by atoms with Gasteiger partial charge in [-0.2, -0.15) is 4.98 Å². The lowest BCUT2D eigenvalue weighted by Gasteiger charge is -2.08.